The minimum absolute atomic E-state index is 0.121. The van der Waals surface area contributed by atoms with Gasteiger partial charge in [-0.15, -0.1) is 0 Å². The molecule has 0 aliphatic carbocycles. The molecular weight excluding hydrogens is 278 g/mol. The molecule has 4 N–H and O–H groups in total. The zero-order chi connectivity index (χ0) is 14.1. The molecule has 1 unspecified atom stereocenters. The van der Waals surface area contributed by atoms with Crippen molar-refractivity contribution in [1.82, 2.24) is 15.2 Å². The summed E-state index contributed by atoms with van der Waals surface area (Å²) in [6.45, 7) is 3.25. The lowest BCUT2D eigenvalue weighted by Crippen LogP contribution is -2.57. The van der Waals surface area contributed by atoms with Gasteiger partial charge in [0, 0.05) is 18.2 Å². The number of piperidine rings is 3. The van der Waals surface area contributed by atoms with E-state index < -0.39 is 0 Å². The highest BCUT2D eigenvalue weighted by Crippen LogP contribution is 2.27. The van der Waals surface area contributed by atoms with Crippen LogP contribution in [0.3, 0.4) is 0 Å². The summed E-state index contributed by atoms with van der Waals surface area (Å²) >= 11 is 5.88. The molecule has 0 saturated carbocycles. The summed E-state index contributed by atoms with van der Waals surface area (Å²) in [7, 11) is 0. The number of hydrogen-bond donors (Lipinski definition) is 3. The number of aromatic nitrogens is 1. The van der Waals surface area contributed by atoms with Crippen LogP contribution < -0.4 is 16.6 Å². The number of pyridine rings is 1. The number of carbonyl (C=O) groups excluding carboxylic acids is 1. The van der Waals surface area contributed by atoms with Crippen molar-refractivity contribution in [2.24, 2.45) is 11.8 Å². The first-order valence-electron chi connectivity index (χ1n) is 6.83. The molecule has 1 amide bonds. The number of hydrogen-bond acceptors (Lipinski definition) is 5. The Morgan fingerprint density at radius 2 is 2.15 bits per heavy atom. The van der Waals surface area contributed by atoms with Crippen LogP contribution >= 0.6 is 11.6 Å². The lowest BCUT2D eigenvalue weighted by atomic mass is 9.84. The highest BCUT2D eigenvalue weighted by molar-refractivity contribution is 6.29. The van der Waals surface area contributed by atoms with Crippen LogP contribution in [0.2, 0.25) is 5.15 Å². The number of rotatable bonds is 3. The van der Waals surface area contributed by atoms with Crippen LogP contribution in [0, 0.1) is 5.92 Å². The first kappa shape index (κ1) is 13.6. The monoisotopic (exact) mass is 295 g/mol. The molecule has 1 atom stereocenters. The molecule has 7 heteroatoms. The maximum absolute atomic E-state index is 12.3. The second kappa shape index (κ2) is 5.55. The van der Waals surface area contributed by atoms with Crippen molar-refractivity contribution in [3.8, 4) is 0 Å². The number of nitrogens with two attached hydrogens (primary N) is 1. The van der Waals surface area contributed by atoms with Gasteiger partial charge in [-0.25, -0.2) is 10.8 Å². The van der Waals surface area contributed by atoms with E-state index in [1.54, 1.807) is 12.1 Å². The molecule has 0 spiro atoms. The number of nitrogens with zero attached hydrogens (tertiary/aromatic N) is 2. The van der Waals surface area contributed by atoms with Gasteiger partial charge >= 0.3 is 0 Å². The zero-order valence-corrected chi connectivity index (χ0v) is 11.9. The molecular formula is C13H18ClN5O. The van der Waals surface area contributed by atoms with Crippen molar-refractivity contribution in [1.29, 1.82) is 0 Å². The smallest absolute Gasteiger partial charge is 0.251 e. The first-order chi connectivity index (χ1) is 9.65. The molecule has 3 fully saturated rings. The quantitative estimate of drug-likeness (QED) is 0.437. The van der Waals surface area contributed by atoms with Crippen molar-refractivity contribution >= 4 is 23.3 Å². The Morgan fingerprint density at radius 1 is 1.40 bits per heavy atom. The number of halogens is 1. The summed E-state index contributed by atoms with van der Waals surface area (Å²) in [5.41, 5.74) is 2.89. The number of fused-ring (bicyclic) bond motifs is 3. The molecule has 1 aromatic heterocycles. The third-order valence-electron chi connectivity index (χ3n) is 4.18. The number of nitrogens with one attached hydrogen (secondary N) is 2. The van der Waals surface area contributed by atoms with E-state index in [9.17, 15) is 4.79 Å². The van der Waals surface area contributed by atoms with Crippen LogP contribution in [0.5, 0.6) is 0 Å². The van der Waals surface area contributed by atoms with Crippen LogP contribution in [0.4, 0.5) is 5.82 Å². The lowest BCUT2D eigenvalue weighted by molar-refractivity contribution is 0.0620. The van der Waals surface area contributed by atoms with Gasteiger partial charge in [0.1, 0.15) is 11.0 Å². The normalized spacial score (nSPS) is 28.2. The van der Waals surface area contributed by atoms with Gasteiger partial charge in [0.25, 0.3) is 5.91 Å². The van der Waals surface area contributed by atoms with E-state index in [-0.39, 0.29) is 17.1 Å². The predicted molar refractivity (Wildman–Crippen MR) is 77.5 cm³/mol. The fourth-order valence-electron chi connectivity index (χ4n) is 3.08. The van der Waals surface area contributed by atoms with Crippen LogP contribution in [-0.4, -0.2) is 41.5 Å². The molecule has 3 aliphatic heterocycles. The van der Waals surface area contributed by atoms with Crippen molar-refractivity contribution in [3.63, 3.8) is 0 Å². The topological polar surface area (TPSA) is 83.3 Å². The third-order valence-corrected chi connectivity index (χ3v) is 4.37. The Balaban J connectivity index is 1.71. The largest absolute Gasteiger partial charge is 0.348 e. The van der Waals surface area contributed by atoms with Gasteiger partial charge in [0.05, 0.1) is 0 Å². The van der Waals surface area contributed by atoms with E-state index >= 15 is 0 Å². The van der Waals surface area contributed by atoms with Gasteiger partial charge in [-0.3, -0.25) is 4.79 Å². The lowest BCUT2D eigenvalue weighted by Gasteiger charge is -2.44. The number of carbonyl (C=O) groups is 1. The van der Waals surface area contributed by atoms with E-state index in [0.717, 1.165) is 32.5 Å². The highest BCUT2D eigenvalue weighted by Gasteiger charge is 2.34. The first-order valence-corrected chi connectivity index (χ1v) is 7.21. The van der Waals surface area contributed by atoms with Crippen LogP contribution in [0.25, 0.3) is 0 Å². The fourth-order valence-corrected chi connectivity index (χ4v) is 3.29. The highest BCUT2D eigenvalue weighted by atomic mass is 35.5. The fraction of sp³-hybridized carbons (Fsp3) is 0.538. The summed E-state index contributed by atoms with van der Waals surface area (Å²) in [6.07, 6.45) is 2.33. The second-order valence-electron chi connectivity index (χ2n) is 5.43. The molecule has 0 aromatic carbocycles. The van der Waals surface area contributed by atoms with E-state index in [0.29, 0.717) is 17.3 Å². The van der Waals surface area contributed by atoms with E-state index in [4.69, 9.17) is 17.4 Å². The van der Waals surface area contributed by atoms with E-state index in [2.05, 4.69) is 20.6 Å². The van der Waals surface area contributed by atoms with Crippen molar-refractivity contribution < 1.29 is 4.79 Å². The molecule has 108 valence electrons. The Morgan fingerprint density at radius 3 is 2.75 bits per heavy atom. The molecule has 3 aliphatic rings. The van der Waals surface area contributed by atoms with E-state index in [1.165, 1.54) is 0 Å². The summed E-state index contributed by atoms with van der Waals surface area (Å²) in [6, 6.07) is 3.38. The Kier molecular flexibility index (Phi) is 3.78. The average molecular weight is 296 g/mol. The average Bonchev–Trinajstić information content (AvgIpc) is 2.47. The maximum atomic E-state index is 12.3. The van der Waals surface area contributed by atoms with Crippen molar-refractivity contribution in [3.05, 3.63) is 22.8 Å². The van der Waals surface area contributed by atoms with Crippen LogP contribution in [0.1, 0.15) is 23.2 Å². The number of anilines is 1. The maximum Gasteiger partial charge on any atom is 0.251 e. The van der Waals surface area contributed by atoms with Gasteiger partial charge in [0.15, 0.2) is 0 Å². The zero-order valence-electron chi connectivity index (χ0n) is 11.1. The Hall–Kier alpha value is -1.37. The molecule has 1 aromatic rings. The summed E-state index contributed by atoms with van der Waals surface area (Å²) in [5.74, 6) is 6.17. The molecule has 0 radical (unpaired) electrons. The van der Waals surface area contributed by atoms with Crippen molar-refractivity contribution in [2.75, 3.05) is 25.1 Å². The predicted octanol–water partition coefficient (Wildman–Crippen LogP) is 0.845. The minimum atomic E-state index is -0.121. The number of hydrazine groups is 1. The Labute approximate surface area is 122 Å². The van der Waals surface area contributed by atoms with Gasteiger partial charge in [-0.1, -0.05) is 11.6 Å². The van der Waals surface area contributed by atoms with E-state index in [1.807, 2.05) is 0 Å². The molecule has 20 heavy (non-hydrogen) atoms. The second-order valence-corrected chi connectivity index (χ2v) is 5.81. The summed E-state index contributed by atoms with van der Waals surface area (Å²) < 4.78 is 0. The molecule has 3 saturated heterocycles. The third kappa shape index (κ3) is 2.72. The number of nitrogen functional groups attached to an aromatic ring is 1. The minimum Gasteiger partial charge on any atom is -0.348 e. The Bertz CT molecular complexity index is 515. The van der Waals surface area contributed by atoms with Gasteiger partial charge in [0.2, 0.25) is 0 Å². The summed E-state index contributed by atoms with van der Waals surface area (Å²) in [4.78, 5) is 18.7. The van der Waals surface area contributed by atoms with Crippen molar-refractivity contribution in [2.45, 2.75) is 18.9 Å². The molecule has 6 nitrogen and oxygen atoms in total. The van der Waals surface area contributed by atoms with Gasteiger partial charge in [-0.05, 0) is 44.0 Å². The summed E-state index contributed by atoms with van der Waals surface area (Å²) in [5, 5.41) is 3.36. The van der Waals surface area contributed by atoms with Crippen LogP contribution in [0.15, 0.2) is 12.1 Å². The molecule has 4 rings (SSSR count). The van der Waals surface area contributed by atoms with Gasteiger partial charge < -0.3 is 15.6 Å². The molecule has 2 bridgehead atoms. The van der Waals surface area contributed by atoms with Crippen LogP contribution in [-0.2, 0) is 0 Å². The molecule has 4 heterocycles. The standard InChI is InChI=1S/C13H18ClN5O/c14-11-5-9(6-12(17-11)18-15)13(20)16-10-7-19-3-1-8(10)2-4-19/h5-6,8,10H,1-4,7,15H2,(H,16,20)(H,17,18). The van der Waals surface area contributed by atoms with Gasteiger partial charge in [-0.2, -0.15) is 0 Å². The number of amides is 1. The SMILES string of the molecule is NNc1cc(C(=O)NC2CN3CCC2CC3)cc(Cl)n1.